The van der Waals surface area contributed by atoms with Crippen LogP contribution in [0, 0.1) is 0 Å². The number of carbonyl (C=O) groups excluding carboxylic acids is 1. The quantitative estimate of drug-likeness (QED) is 0.773. The van der Waals surface area contributed by atoms with Crippen LogP contribution in [0.4, 0.5) is 5.82 Å². The number of nitrogens with zero attached hydrogens (tertiary/aromatic N) is 2. The summed E-state index contributed by atoms with van der Waals surface area (Å²) in [5, 5.41) is 3.14. The summed E-state index contributed by atoms with van der Waals surface area (Å²) in [6.07, 6.45) is 1.77. The van der Waals surface area contributed by atoms with Crippen LogP contribution in [0.5, 0.6) is 0 Å². The van der Waals surface area contributed by atoms with Gasteiger partial charge in [0.25, 0.3) is 0 Å². The maximum Gasteiger partial charge on any atom is 0.358 e. The van der Waals surface area contributed by atoms with Crippen molar-refractivity contribution in [3.8, 4) is 0 Å². The minimum Gasteiger partial charge on any atom is -0.464 e. The van der Waals surface area contributed by atoms with Crippen molar-refractivity contribution in [3.05, 3.63) is 11.5 Å². The fraction of sp³-hybridized carbons (Fsp3) is 0.636. The second kappa shape index (κ2) is 5.53. The van der Waals surface area contributed by atoms with Gasteiger partial charge in [0.05, 0.1) is 7.11 Å². The SMILES string of the molecule is CCCNc1nc(CC)n(C)c1C(=O)OC. The van der Waals surface area contributed by atoms with E-state index in [9.17, 15) is 4.79 Å². The minimum atomic E-state index is -0.353. The van der Waals surface area contributed by atoms with Crippen LogP contribution in [0.15, 0.2) is 0 Å². The Hall–Kier alpha value is -1.52. The number of hydrogen-bond donors (Lipinski definition) is 1. The largest absolute Gasteiger partial charge is 0.464 e. The van der Waals surface area contributed by atoms with Gasteiger partial charge in [-0.15, -0.1) is 0 Å². The number of esters is 1. The van der Waals surface area contributed by atoms with Crippen molar-refractivity contribution in [2.45, 2.75) is 26.7 Å². The Balaban J connectivity index is 3.09. The number of carbonyl (C=O) groups is 1. The van der Waals surface area contributed by atoms with E-state index in [1.807, 2.05) is 14.0 Å². The lowest BCUT2D eigenvalue weighted by molar-refractivity contribution is 0.0590. The molecule has 1 aromatic rings. The topological polar surface area (TPSA) is 56.2 Å². The summed E-state index contributed by atoms with van der Waals surface area (Å²) in [5.74, 6) is 1.14. The van der Waals surface area contributed by atoms with Crippen molar-refractivity contribution in [3.63, 3.8) is 0 Å². The zero-order valence-corrected chi connectivity index (χ0v) is 10.3. The second-order valence-corrected chi connectivity index (χ2v) is 3.56. The van der Waals surface area contributed by atoms with Crippen molar-refractivity contribution in [1.29, 1.82) is 0 Å². The van der Waals surface area contributed by atoms with Crippen LogP contribution in [-0.4, -0.2) is 29.2 Å². The smallest absolute Gasteiger partial charge is 0.358 e. The summed E-state index contributed by atoms with van der Waals surface area (Å²) in [6, 6.07) is 0. The normalized spacial score (nSPS) is 10.2. The monoisotopic (exact) mass is 225 g/mol. The number of rotatable bonds is 5. The van der Waals surface area contributed by atoms with Gasteiger partial charge in [-0.25, -0.2) is 9.78 Å². The molecule has 0 aliphatic heterocycles. The highest BCUT2D eigenvalue weighted by molar-refractivity contribution is 5.93. The molecule has 0 radical (unpaired) electrons. The van der Waals surface area contributed by atoms with Crippen LogP contribution in [0.3, 0.4) is 0 Å². The molecule has 5 heteroatoms. The van der Waals surface area contributed by atoms with Crippen LogP contribution in [0.2, 0.25) is 0 Å². The van der Waals surface area contributed by atoms with E-state index >= 15 is 0 Å². The first-order valence-electron chi connectivity index (χ1n) is 5.53. The van der Waals surface area contributed by atoms with Crippen LogP contribution in [0.25, 0.3) is 0 Å². The molecule has 1 heterocycles. The van der Waals surface area contributed by atoms with E-state index in [1.54, 1.807) is 4.57 Å². The number of nitrogens with one attached hydrogen (secondary N) is 1. The highest BCUT2D eigenvalue weighted by atomic mass is 16.5. The molecule has 1 aromatic heterocycles. The molecule has 0 aliphatic rings. The molecule has 0 unspecified atom stereocenters. The molecule has 0 saturated carbocycles. The first kappa shape index (κ1) is 12.5. The van der Waals surface area contributed by atoms with E-state index in [0.29, 0.717) is 11.5 Å². The van der Waals surface area contributed by atoms with Crippen LogP contribution in [0.1, 0.15) is 36.6 Å². The van der Waals surface area contributed by atoms with E-state index in [4.69, 9.17) is 4.74 Å². The number of aromatic nitrogens is 2. The second-order valence-electron chi connectivity index (χ2n) is 3.56. The number of ether oxygens (including phenoxy) is 1. The Morgan fingerprint density at radius 1 is 1.50 bits per heavy atom. The number of anilines is 1. The molecule has 0 bridgehead atoms. The summed E-state index contributed by atoms with van der Waals surface area (Å²) < 4.78 is 6.54. The third-order valence-corrected chi connectivity index (χ3v) is 2.43. The number of methoxy groups -OCH3 is 1. The molecular formula is C11H19N3O2. The first-order chi connectivity index (χ1) is 7.65. The lowest BCUT2D eigenvalue weighted by Gasteiger charge is -2.05. The van der Waals surface area contributed by atoms with Crippen molar-refractivity contribution in [1.82, 2.24) is 9.55 Å². The van der Waals surface area contributed by atoms with Crippen LogP contribution in [-0.2, 0) is 18.2 Å². The molecule has 0 aliphatic carbocycles. The third kappa shape index (κ3) is 2.35. The van der Waals surface area contributed by atoms with Gasteiger partial charge in [0.1, 0.15) is 5.82 Å². The Morgan fingerprint density at radius 3 is 2.69 bits per heavy atom. The van der Waals surface area contributed by atoms with E-state index in [2.05, 4.69) is 17.2 Å². The number of imidazole rings is 1. The summed E-state index contributed by atoms with van der Waals surface area (Å²) in [7, 11) is 3.21. The fourth-order valence-electron chi connectivity index (χ4n) is 1.56. The van der Waals surface area contributed by atoms with Gasteiger partial charge in [-0.05, 0) is 6.42 Å². The van der Waals surface area contributed by atoms with Crippen molar-refractivity contribution >= 4 is 11.8 Å². The average molecular weight is 225 g/mol. The molecule has 0 spiro atoms. The highest BCUT2D eigenvalue weighted by Gasteiger charge is 2.20. The molecular weight excluding hydrogens is 206 g/mol. The van der Waals surface area contributed by atoms with Gasteiger partial charge in [-0.3, -0.25) is 0 Å². The van der Waals surface area contributed by atoms with Crippen LogP contribution >= 0.6 is 0 Å². The molecule has 90 valence electrons. The first-order valence-corrected chi connectivity index (χ1v) is 5.53. The van der Waals surface area contributed by atoms with Crippen molar-refractivity contribution in [2.75, 3.05) is 19.0 Å². The summed E-state index contributed by atoms with van der Waals surface area (Å²) in [6.45, 7) is 4.87. The van der Waals surface area contributed by atoms with Gasteiger partial charge in [0.2, 0.25) is 0 Å². The van der Waals surface area contributed by atoms with E-state index in [-0.39, 0.29) is 5.97 Å². The molecule has 1 N–H and O–H groups in total. The predicted octanol–water partition coefficient (Wildman–Crippen LogP) is 1.59. The fourth-order valence-corrected chi connectivity index (χ4v) is 1.56. The summed E-state index contributed by atoms with van der Waals surface area (Å²) in [5.41, 5.74) is 0.493. The molecule has 0 fully saturated rings. The Morgan fingerprint density at radius 2 is 2.19 bits per heavy atom. The summed E-state index contributed by atoms with van der Waals surface area (Å²) >= 11 is 0. The number of hydrogen-bond acceptors (Lipinski definition) is 4. The van der Waals surface area contributed by atoms with Gasteiger partial charge in [-0.1, -0.05) is 13.8 Å². The van der Waals surface area contributed by atoms with Gasteiger partial charge in [0.15, 0.2) is 11.5 Å². The van der Waals surface area contributed by atoms with Crippen LogP contribution < -0.4 is 5.32 Å². The zero-order chi connectivity index (χ0) is 12.1. The van der Waals surface area contributed by atoms with Gasteiger partial charge >= 0.3 is 5.97 Å². The summed E-state index contributed by atoms with van der Waals surface area (Å²) in [4.78, 5) is 16.0. The molecule has 16 heavy (non-hydrogen) atoms. The Labute approximate surface area is 95.8 Å². The molecule has 0 amide bonds. The Kier molecular flexibility index (Phi) is 4.34. The van der Waals surface area contributed by atoms with Gasteiger partial charge < -0.3 is 14.6 Å². The Bertz CT molecular complexity index is 372. The molecule has 1 rings (SSSR count). The zero-order valence-electron chi connectivity index (χ0n) is 10.3. The third-order valence-electron chi connectivity index (χ3n) is 2.43. The van der Waals surface area contributed by atoms with Gasteiger partial charge in [-0.2, -0.15) is 0 Å². The standard InChI is InChI=1S/C11H19N3O2/c1-5-7-12-10-9(11(15)16-4)14(3)8(6-2)13-10/h12H,5-7H2,1-4H3. The van der Waals surface area contributed by atoms with E-state index in [0.717, 1.165) is 25.2 Å². The van der Waals surface area contributed by atoms with Crippen molar-refractivity contribution < 1.29 is 9.53 Å². The predicted molar refractivity (Wildman–Crippen MR) is 62.7 cm³/mol. The number of aryl methyl sites for hydroxylation is 1. The molecule has 5 nitrogen and oxygen atoms in total. The van der Waals surface area contributed by atoms with E-state index in [1.165, 1.54) is 7.11 Å². The van der Waals surface area contributed by atoms with Gasteiger partial charge in [0, 0.05) is 20.0 Å². The highest BCUT2D eigenvalue weighted by Crippen LogP contribution is 2.17. The lowest BCUT2D eigenvalue weighted by Crippen LogP contribution is -2.12. The van der Waals surface area contributed by atoms with E-state index < -0.39 is 0 Å². The molecule has 0 saturated heterocycles. The minimum absolute atomic E-state index is 0.353. The maximum absolute atomic E-state index is 11.6. The lowest BCUT2D eigenvalue weighted by atomic mass is 10.4. The van der Waals surface area contributed by atoms with Crippen molar-refractivity contribution in [2.24, 2.45) is 7.05 Å². The molecule has 0 aromatic carbocycles. The molecule has 0 atom stereocenters. The maximum atomic E-state index is 11.6. The average Bonchev–Trinajstić information content (AvgIpc) is 2.62.